The fraction of sp³-hybridized carbons (Fsp3) is 0.294. The van der Waals surface area contributed by atoms with Gasteiger partial charge in [-0.2, -0.15) is 8.78 Å². The molecular formula is C17H19F2NO. The van der Waals surface area contributed by atoms with Gasteiger partial charge in [0.2, 0.25) is 0 Å². The number of halogens is 2. The summed E-state index contributed by atoms with van der Waals surface area (Å²) in [6.45, 7) is 3.02. The number of ether oxygens (including phenoxy) is 1. The van der Waals surface area contributed by atoms with E-state index in [2.05, 4.69) is 5.32 Å². The van der Waals surface area contributed by atoms with Crippen molar-refractivity contribution in [3.8, 4) is 5.75 Å². The Morgan fingerprint density at radius 2 is 1.67 bits per heavy atom. The SMILES string of the molecule is CCNCc1ccc(OCC(F)(F)c2ccccc2)cc1. The average Bonchev–Trinajstić information content (AvgIpc) is 2.53. The van der Waals surface area contributed by atoms with E-state index >= 15 is 0 Å². The maximum atomic E-state index is 14.0. The van der Waals surface area contributed by atoms with E-state index in [1.807, 2.05) is 19.1 Å². The standard InChI is InChI=1S/C17H19F2NO/c1-2-20-12-14-8-10-16(11-9-14)21-13-17(18,19)15-6-4-3-5-7-15/h3-11,20H,2,12-13H2,1H3. The van der Waals surface area contributed by atoms with Crippen molar-refractivity contribution in [2.24, 2.45) is 0 Å². The third-order valence-corrected chi connectivity index (χ3v) is 3.12. The molecule has 2 rings (SSSR count). The lowest BCUT2D eigenvalue weighted by Gasteiger charge is -2.17. The average molecular weight is 291 g/mol. The van der Waals surface area contributed by atoms with Crippen LogP contribution >= 0.6 is 0 Å². The van der Waals surface area contributed by atoms with Gasteiger partial charge in [-0.05, 0) is 24.2 Å². The zero-order chi connectivity index (χ0) is 15.1. The number of nitrogens with one attached hydrogen (secondary N) is 1. The number of alkyl halides is 2. The van der Waals surface area contributed by atoms with Gasteiger partial charge < -0.3 is 10.1 Å². The predicted octanol–water partition coefficient (Wildman–Crippen LogP) is 3.97. The molecule has 0 radical (unpaired) electrons. The zero-order valence-electron chi connectivity index (χ0n) is 12.0. The maximum Gasteiger partial charge on any atom is 0.306 e. The third-order valence-electron chi connectivity index (χ3n) is 3.12. The second-order valence-electron chi connectivity index (χ2n) is 4.78. The summed E-state index contributed by atoms with van der Waals surface area (Å²) in [6, 6.07) is 14.9. The molecule has 2 nitrogen and oxygen atoms in total. The van der Waals surface area contributed by atoms with Gasteiger partial charge in [-0.1, -0.05) is 49.4 Å². The van der Waals surface area contributed by atoms with Crippen LogP contribution in [0, 0.1) is 0 Å². The van der Waals surface area contributed by atoms with Crippen LogP contribution in [0.15, 0.2) is 54.6 Å². The normalized spacial score (nSPS) is 11.4. The van der Waals surface area contributed by atoms with Crippen molar-refractivity contribution in [1.82, 2.24) is 5.32 Å². The van der Waals surface area contributed by atoms with Gasteiger partial charge in [0.05, 0.1) is 0 Å². The van der Waals surface area contributed by atoms with E-state index in [1.165, 1.54) is 12.1 Å². The summed E-state index contributed by atoms with van der Waals surface area (Å²) in [6.07, 6.45) is 0. The first-order valence-corrected chi connectivity index (χ1v) is 6.97. The molecule has 0 saturated heterocycles. The molecule has 0 aliphatic rings. The van der Waals surface area contributed by atoms with Gasteiger partial charge in [0.25, 0.3) is 0 Å². The van der Waals surface area contributed by atoms with Crippen LogP contribution in [0.5, 0.6) is 5.75 Å². The van der Waals surface area contributed by atoms with Crippen LogP contribution in [-0.4, -0.2) is 13.2 Å². The first kappa shape index (κ1) is 15.4. The van der Waals surface area contributed by atoms with Gasteiger partial charge in [-0.25, -0.2) is 0 Å². The summed E-state index contributed by atoms with van der Waals surface area (Å²) >= 11 is 0. The van der Waals surface area contributed by atoms with Crippen molar-refractivity contribution in [3.05, 3.63) is 65.7 Å². The van der Waals surface area contributed by atoms with Gasteiger partial charge in [-0.15, -0.1) is 0 Å². The molecule has 0 fully saturated rings. The van der Waals surface area contributed by atoms with Gasteiger partial charge in [0.15, 0.2) is 6.61 Å². The first-order chi connectivity index (χ1) is 10.1. The topological polar surface area (TPSA) is 21.3 Å². The lowest BCUT2D eigenvalue weighted by Crippen LogP contribution is -2.23. The molecule has 0 atom stereocenters. The second kappa shape index (κ2) is 7.18. The Morgan fingerprint density at radius 3 is 2.29 bits per heavy atom. The van der Waals surface area contributed by atoms with Crippen molar-refractivity contribution in [3.63, 3.8) is 0 Å². The number of hydrogen-bond acceptors (Lipinski definition) is 2. The highest BCUT2D eigenvalue weighted by Crippen LogP contribution is 2.28. The fourth-order valence-electron chi connectivity index (χ4n) is 1.91. The Hall–Kier alpha value is -1.94. The summed E-state index contributed by atoms with van der Waals surface area (Å²) in [4.78, 5) is 0. The van der Waals surface area contributed by atoms with Gasteiger partial charge in [-0.3, -0.25) is 0 Å². The Kier molecular flexibility index (Phi) is 5.28. The molecule has 2 aromatic carbocycles. The van der Waals surface area contributed by atoms with E-state index < -0.39 is 12.5 Å². The molecule has 0 spiro atoms. The van der Waals surface area contributed by atoms with Crippen LogP contribution in [0.2, 0.25) is 0 Å². The molecule has 1 N–H and O–H groups in total. The van der Waals surface area contributed by atoms with E-state index in [0.717, 1.165) is 18.7 Å². The molecule has 2 aromatic rings. The quantitative estimate of drug-likeness (QED) is 0.833. The number of benzene rings is 2. The number of rotatable bonds is 7. The first-order valence-electron chi connectivity index (χ1n) is 6.97. The van der Waals surface area contributed by atoms with Gasteiger partial charge in [0, 0.05) is 12.1 Å². The minimum absolute atomic E-state index is 0.0336. The summed E-state index contributed by atoms with van der Waals surface area (Å²) in [5.74, 6) is -2.55. The van der Waals surface area contributed by atoms with Gasteiger partial charge >= 0.3 is 5.92 Å². The summed E-state index contributed by atoms with van der Waals surface area (Å²) in [7, 11) is 0. The van der Waals surface area contributed by atoms with Crippen molar-refractivity contribution in [2.75, 3.05) is 13.2 Å². The second-order valence-corrected chi connectivity index (χ2v) is 4.78. The minimum Gasteiger partial charge on any atom is -0.487 e. The third kappa shape index (κ3) is 4.53. The molecule has 0 unspecified atom stereocenters. The maximum absolute atomic E-state index is 14.0. The molecule has 0 saturated carbocycles. The van der Waals surface area contributed by atoms with E-state index in [-0.39, 0.29) is 5.56 Å². The van der Waals surface area contributed by atoms with E-state index in [4.69, 9.17) is 4.74 Å². The van der Waals surface area contributed by atoms with Crippen molar-refractivity contribution in [2.45, 2.75) is 19.4 Å². The van der Waals surface area contributed by atoms with Crippen LogP contribution < -0.4 is 10.1 Å². The molecule has 0 bridgehead atoms. The highest BCUT2D eigenvalue weighted by atomic mass is 19.3. The van der Waals surface area contributed by atoms with E-state index in [1.54, 1.807) is 30.3 Å². The highest BCUT2D eigenvalue weighted by molar-refractivity contribution is 5.28. The van der Waals surface area contributed by atoms with Crippen LogP contribution in [0.1, 0.15) is 18.1 Å². The zero-order valence-corrected chi connectivity index (χ0v) is 12.0. The smallest absolute Gasteiger partial charge is 0.306 e. The van der Waals surface area contributed by atoms with Crippen molar-refractivity contribution < 1.29 is 13.5 Å². The molecule has 112 valence electrons. The Morgan fingerprint density at radius 1 is 1.00 bits per heavy atom. The minimum atomic E-state index is -3.00. The lowest BCUT2D eigenvalue weighted by atomic mass is 10.1. The van der Waals surface area contributed by atoms with Crippen molar-refractivity contribution in [1.29, 1.82) is 0 Å². The monoisotopic (exact) mass is 291 g/mol. The molecule has 0 aliphatic carbocycles. The summed E-state index contributed by atoms with van der Waals surface area (Å²) in [5, 5.41) is 3.20. The van der Waals surface area contributed by atoms with Crippen LogP contribution in [0.4, 0.5) is 8.78 Å². The Labute approximate surface area is 123 Å². The van der Waals surface area contributed by atoms with Crippen molar-refractivity contribution >= 4 is 0 Å². The van der Waals surface area contributed by atoms with Crippen LogP contribution in [-0.2, 0) is 12.5 Å². The highest BCUT2D eigenvalue weighted by Gasteiger charge is 2.32. The van der Waals surface area contributed by atoms with Crippen LogP contribution in [0.3, 0.4) is 0 Å². The Balaban J connectivity index is 1.93. The molecule has 0 amide bonds. The fourth-order valence-corrected chi connectivity index (χ4v) is 1.91. The predicted molar refractivity (Wildman–Crippen MR) is 79.7 cm³/mol. The molecule has 4 heteroatoms. The molecule has 21 heavy (non-hydrogen) atoms. The van der Waals surface area contributed by atoms with Gasteiger partial charge in [0.1, 0.15) is 5.75 Å². The number of hydrogen-bond donors (Lipinski definition) is 1. The molecular weight excluding hydrogens is 272 g/mol. The largest absolute Gasteiger partial charge is 0.487 e. The molecule has 0 aromatic heterocycles. The van der Waals surface area contributed by atoms with E-state index in [0.29, 0.717) is 5.75 Å². The summed E-state index contributed by atoms with van der Waals surface area (Å²) < 4.78 is 33.1. The Bertz CT molecular complexity index is 540. The summed E-state index contributed by atoms with van der Waals surface area (Å²) in [5.41, 5.74) is 1.06. The van der Waals surface area contributed by atoms with E-state index in [9.17, 15) is 8.78 Å². The molecule has 0 aliphatic heterocycles. The lowest BCUT2D eigenvalue weighted by molar-refractivity contribution is -0.0467. The van der Waals surface area contributed by atoms with Crippen LogP contribution in [0.25, 0.3) is 0 Å². The molecule has 0 heterocycles.